The van der Waals surface area contributed by atoms with Crippen LogP contribution in [0.5, 0.6) is 0 Å². The molecule has 0 saturated carbocycles. The third-order valence-electron chi connectivity index (χ3n) is 2.39. The topological polar surface area (TPSA) is 61.4 Å². The first-order valence-electron chi connectivity index (χ1n) is 4.79. The van der Waals surface area contributed by atoms with E-state index in [0.29, 0.717) is 0 Å². The maximum absolute atomic E-state index is 11.6. The quantitative estimate of drug-likeness (QED) is 0.550. The lowest BCUT2D eigenvalue weighted by atomic mass is 10.0. The Morgan fingerprint density at radius 3 is 2.50 bits per heavy atom. The standard InChI is InChI=1S/C10H18N2O2/c1-7(8-4-11-5-8)9(14)12-10(2,3)6-13/h11,13H,4-6H2,1-3H3,(H,12,14). The molecule has 0 radical (unpaired) electrons. The lowest BCUT2D eigenvalue weighted by molar-refractivity contribution is -0.119. The molecule has 1 amide bonds. The minimum atomic E-state index is -0.546. The second-order valence-electron chi connectivity index (χ2n) is 4.33. The van der Waals surface area contributed by atoms with E-state index < -0.39 is 5.54 Å². The number of rotatable bonds is 3. The van der Waals surface area contributed by atoms with Gasteiger partial charge in [0.2, 0.25) is 5.91 Å². The van der Waals surface area contributed by atoms with Crippen LogP contribution in [0.1, 0.15) is 20.8 Å². The number of aliphatic hydroxyl groups excluding tert-OH is 1. The van der Waals surface area contributed by atoms with Crippen molar-refractivity contribution < 1.29 is 9.90 Å². The van der Waals surface area contributed by atoms with E-state index in [9.17, 15) is 4.79 Å². The largest absolute Gasteiger partial charge is 0.394 e. The first kappa shape index (κ1) is 11.2. The van der Waals surface area contributed by atoms with Gasteiger partial charge in [0.1, 0.15) is 0 Å². The Balaban J connectivity index is 2.58. The average molecular weight is 198 g/mol. The summed E-state index contributed by atoms with van der Waals surface area (Å²) in [5, 5.41) is 14.9. The van der Waals surface area contributed by atoms with Gasteiger partial charge in [-0.2, -0.15) is 0 Å². The molecule has 1 aliphatic heterocycles. The normalized spacial score (nSPS) is 16.1. The van der Waals surface area contributed by atoms with E-state index in [1.165, 1.54) is 0 Å². The SMILES string of the molecule is CC(C(=O)NC(C)(C)CO)=C1CNC1. The molecule has 0 spiro atoms. The molecule has 14 heavy (non-hydrogen) atoms. The van der Waals surface area contributed by atoms with Crippen LogP contribution in [0, 0.1) is 0 Å². The van der Waals surface area contributed by atoms with Crippen LogP contribution in [0.2, 0.25) is 0 Å². The van der Waals surface area contributed by atoms with Crippen molar-refractivity contribution in [2.45, 2.75) is 26.3 Å². The molecule has 0 unspecified atom stereocenters. The molecule has 0 aromatic rings. The van der Waals surface area contributed by atoms with E-state index in [1.807, 2.05) is 6.92 Å². The first-order valence-corrected chi connectivity index (χ1v) is 4.79. The molecule has 0 atom stereocenters. The molecule has 0 aromatic carbocycles. The number of carbonyl (C=O) groups is 1. The van der Waals surface area contributed by atoms with Gasteiger partial charge >= 0.3 is 0 Å². The van der Waals surface area contributed by atoms with Crippen LogP contribution < -0.4 is 10.6 Å². The van der Waals surface area contributed by atoms with E-state index in [4.69, 9.17) is 5.11 Å². The lowest BCUT2D eigenvalue weighted by Gasteiger charge is -2.26. The van der Waals surface area contributed by atoms with Crippen LogP contribution in [-0.4, -0.2) is 36.2 Å². The van der Waals surface area contributed by atoms with Gasteiger partial charge in [-0.1, -0.05) is 0 Å². The van der Waals surface area contributed by atoms with E-state index >= 15 is 0 Å². The summed E-state index contributed by atoms with van der Waals surface area (Å²) in [6, 6.07) is 0. The van der Waals surface area contributed by atoms with Crippen molar-refractivity contribution in [3.8, 4) is 0 Å². The number of carbonyl (C=O) groups excluding carboxylic acids is 1. The minimum Gasteiger partial charge on any atom is -0.394 e. The van der Waals surface area contributed by atoms with E-state index in [2.05, 4.69) is 10.6 Å². The van der Waals surface area contributed by atoms with Gasteiger partial charge in [0.25, 0.3) is 0 Å². The van der Waals surface area contributed by atoms with E-state index in [-0.39, 0.29) is 12.5 Å². The molecule has 4 nitrogen and oxygen atoms in total. The predicted molar refractivity (Wildman–Crippen MR) is 54.9 cm³/mol. The smallest absolute Gasteiger partial charge is 0.247 e. The van der Waals surface area contributed by atoms with Crippen molar-refractivity contribution in [1.29, 1.82) is 0 Å². The van der Waals surface area contributed by atoms with Crippen molar-refractivity contribution >= 4 is 5.91 Å². The molecular formula is C10H18N2O2. The van der Waals surface area contributed by atoms with Crippen molar-refractivity contribution in [1.82, 2.24) is 10.6 Å². The molecule has 1 aliphatic rings. The molecule has 1 heterocycles. The van der Waals surface area contributed by atoms with Gasteiger partial charge in [-0.25, -0.2) is 0 Å². The summed E-state index contributed by atoms with van der Waals surface area (Å²) in [4.78, 5) is 11.6. The molecule has 0 aliphatic carbocycles. The van der Waals surface area contributed by atoms with E-state index in [0.717, 1.165) is 24.2 Å². The molecule has 0 aromatic heterocycles. The minimum absolute atomic E-state index is 0.0559. The Morgan fingerprint density at radius 2 is 2.14 bits per heavy atom. The van der Waals surface area contributed by atoms with Crippen molar-refractivity contribution in [3.63, 3.8) is 0 Å². The van der Waals surface area contributed by atoms with Gasteiger partial charge in [0.05, 0.1) is 12.1 Å². The van der Waals surface area contributed by atoms with Gasteiger partial charge in [-0.15, -0.1) is 0 Å². The summed E-state index contributed by atoms with van der Waals surface area (Å²) in [5.74, 6) is -0.0828. The van der Waals surface area contributed by atoms with Crippen LogP contribution in [-0.2, 0) is 4.79 Å². The van der Waals surface area contributed by atoms with Crippen molar-refractivity contribution in [2.24, 2.45) is 0 Å². The molecule has 1 fully saturated rings. The summed E-state index contributed by atoms with van der Waals surface area (Å²) < 4.78 is 0. The third-order valence-corrected chi connectivity index (χ3v) is 2.39. The summed E-state index contributed by atoms with van der Waals surface area (Å²) in [6.45, 7) is 6.96. The van der Waals surface area contributed by atoms with Crippen LogP contribution >= 0.6 is 0 Å². The maximum atomic E-state index is 11.6. The second-order valence-corrected chi connectivity index (χ2v) is 4.33. The van der Waals surface area contributed by atoms with E-state index in [1.54, 1.807) is 13.8 Å². The number of hydrogen-bond acceptors (Lipinski definition) is 3. The first-order chi connectivity index (χ1) is 6.46. The Hall–Kier alpha value is -0.870. The van der Waals surface area contributed by atoms with Gasteiger partial charge < -0.3 is 15.7 Å². The highest BCUT2D eigenvalue weighted by molar-refractivity contribution is 5.94. The zero-order valence-corrected chi connectivity index (χ0v) is 8.98. The number of amides is 1. The molecule has 3 N–H and O–H groups in total. The Bertz CT molecular complexity index is 263. The summed E-state index contributed by atoms with van der Waals surface area (Å²) >= 11 is 0. The average Bonchev–Trinajstić information content (AvgIpc) is 2.00. The highest BCUT2D eigenvalue weighted by Crippen LogP contribution is 2.10. The summed E-state index contributed by atoms with van der Waals surface area (Å²) in [7, 11) is 0. The Kier molecular flexibility index (Phi) is 3.29. The van der Waals surface area contributed by atoms with Gasteiger partial charge in [0.15, 0.2) is 0 Å². The zero-order chi connectivity index (χ0) is 10.8. The highest BCUT2D eigenvalue weighted by Gasteiger charge is 2.22. The fourth-order valence-electron chi connectivity index (χ4n) is 1.12. The van der Waals surface area contributed by atoms with Crippen LogP contribution in [0.4, 0.5) is 0 Å². The zero-order valence-electron chi connectivity index (χ0n) is 8.98. The fourth-order valence-corrected chi connectivity index (χ4v) is 1.12. The molecule has 80 valence electrons. The molecule has 1 saturated heterocycles. The Morgan fingerprint density at radius 1 is 1.57 bits per heavy atom. The van der Waals surface area contributed by atoms with Crippen LogP contribution in [0.3, 0.4) is 0 Å². The number of hydrogen-bond donors (Lipinski definition) is 3. The monoisotopic (exact) mass is 198 g/mol. The van der Waals surface area contributed by atoms with Crippen molar-refractivity contribution in [2.75, 3.05) is 19.7 Å². The lowest BCUT2D eigenvalue weighted by Crippen LogP contribution is -2.47. The van der Waals surface area contributed by atoms with Crippen molar-refractivity contribution in [3.05, 3.63) is 11.1 Å². The second kappa shape index (κ2) is 4.11. The highest BCUT2D eigenvalue weighted by atomic mass is 16.3. The molecule has 4 heteroatoms. The van der Waals surface area contributed by atoms with Gasteiger partial charge in [0, 0.05) is 18.7 Å². The summed E-state index contributed by atoms with van der Waals surface area (Å²) in [5.41, 5.74) is 1.37. The molecular weight excluding hydrogens is 180 g/mol. The summed E-state index contributed by atoms with van der Waals surface area (Å²) in [6.07, 6.45) is 0. The predicted octanol–water partition coefficient (Wildman–Crippen LogP) is -0.207. The van der Waals surface area contributed by atoms with Gasteiger partial charge in [-0.3, -0.25) is 4.79 Å². The fraction of sp³-hybridized carbons (Fsp3) is 0.700. The number of nitrogens with one attached hydrogen (secondary N) is 2. The molecule has 0 bridgehead atoms. The molecule has 1 rings (SSSR count). The Labute approximate surface area is 84.4 Å². The van der Waals surface area contributed by atoms with Gasteiger partial charge in [-0.05, 0) is 26.3 Å². The number of aliphatic hydroxyl groups is 1. The third kappa shape index (κ3) is 2.56. The van der Waals surface area contributed by atoms with Crippen LogP contribution in [0.15, 0.2) is 11.1 Å². The van der Waals surface area contributed by atoms with Crippen LogP contribution in [0.25, 0.3) is 0 Å². The maximum Gasteiger partial charge on any atom is 0.247 e.